The molecule has 3 aromatic rings. The lowest BCUT2D eigenvalue weighted by atomic mass is 10.2. The number of carbonyl (C=O) groups excluding carboxylic acids is 1. The van der Waals surface area contributed by atoms with Gasteiger partial charge in [-0.2, -0.15) is 4.31 Å². The van der Waals surface area contributed by atoms with Gasteiger partial charge in [0, 0.05) is 25.2 Å². The highest BCUT2D eigenvalue weighted by molar-refractivity contribution is 7.89. The van der Waals surface area contributed by atoms with Crippen molar-refractivity contribution < 1.29 is 17.6 Å². The molecule has 0 aliphatic heterocycles. The summed E-state index contributed by atoms with van der Waals surface area (Å²) in [7, 11) is 0.267. The largest absolute Gasteiger partial charge is 0.309 e. The molecule has 0 saturated carbocycles. The van der Waals surface area contributed by atoms with E-state index in [-0.39, 0.29) is 16.3 Å². The molecule has 1 heterocycles. The zero-order chi connectivity index (χ0) is 27.0. The highest BCUT2D eigenvalue weighted by Gasteiger charge is 2.26. The number of anilines is 1. The lowest BCUT2D eigenvalue weighted by molar-refractivity contribution is 0.0986. The van der Waals surface area contributed by atoms with Crippen molar-refractivity contribution in [1.82, 2.24) is 14.2 Å². The Labute approximate surface area is 224 Å². The van der Waals surface area contributed by atoms with Gasteiger partial charge in [0.05, 0.1) is 9.60 Å². The molecule has 1 amide bonds. The van der Waals surface area contributed by atoms with E-state index in [2.05, 4.69) is 4.98 Å². The van der Waals surface area contributed by atoms with Gasteiger partial charge in [-0.3, -0.25) is 9.69 Å². The number of rotatable bonds is 14. The lowest BCUT2D eigenvalue weighted by Gasteiger charge is -2.23. The monoisotopic (exact) mass is 548 g/mol. The van der Waals surface area contributed by atoms with Gasteiger partial charge in [-0.05, 0) is 76.3 Å². The Morgan fingerprint density at radius 3 is 2.14 bits per heavy atom. The molecular formula is C27H37FN4O3S2. The van der Waals surface area contributed by atoms with Crippen LogP contribution in [-0.4, -0.2) is 68.8 Å². The molecule has 0 N–H and O–H groups in total. The van der Waals surface area contributed by atoms with E-state index in [4.69, 9.17) is 0 Å². The minimum atomic E-state index is -3.66. The van der Waals surface area contributed by atoms with E-state index in [1.807, 2.05) is 32.8 Å². The Morgan fingerprint density at radius 1 is 0.919 bits per heavy atom. The number of carbonyl (C=O) groups is 1. The van der Waals surface area contributed by atoms with Gasteiger partial charge in [0.25, 0.3) is 5.91 Å². The van der Waals surface area contributed by atoms with E-state index < -0.39 is 15.8 Å². The third kappa shape index (κ3) is 7.34. The molecule has 0 saturated heterocycles. The number of hydrogen-bond donors (Lipinski definition) is 0. The van der Waals surface area contributed by atoms with Crippen molar-refractivity contribution in [3.05, 3.63) is 53.8 Å². The van der Waals surface area contributed by atoms with E-state index in [0.29, 0.717) is 41.5 Å². The van der Waals surface area contributed by atoms with Crippen LogP contribution in [0, 0.1) is 5.82 Å². The highest BCUT2D eigenvalue weighted by atomic mass is 32.2. The molecule has 202 valence electrons. The normalized spacial score (nSPS) is 12.1. The van der Waals surface area contributed by atoms with Gasteiger partial charge in [-0.25, -0.2) is 17.8 Å². The van der Waals surface area contributed by atoms with Crippen LogP contribution in [0.4, 0.5) is 9.52 Å². The predicted octanol–water partition coefficient (Wildman–Crippen LogP) is 5.62. The lowest BCUT2D eigenvalue weighted by Crippen LogP contribution is -2.34. The van der Waals surface area contributed by atoms with Crippen molar-refractivity contribution in [1.29, 1.82) is 0 Å². The van der Waals surface area contributed by atoms with Crippen LogP contribution in [-0.2, 0) is 10.0 Å². The Hall–Kier alpha value is -2.40. The number of halogens is 1. The molecule has 0 radical (unpaired) electrons. The Morgan fingerprint density at radius 2 is 1.57 bits per heavy atom. The molecule has 3 rings (SSSR count). The first-order valence-electron chi connectivity index (χ1n) is 12.8. The fourth-order valence-electron chi connectivity index (χ4n) is 3.94. The van der Waals surface area contributed by atoms with Gasteiger partial charge in [0.1, 0.15) is 11.3 Å². The van der Waals surface area contributed by atoms with Crippen molar-refractivity contribution in [2.75, 3.05) is 45.2 Å². The fraction of sp³-hybridized carbons (Fsp3) is 0.481. The summed E-state index contributed by atoms with van der Waals surface area (Å²) < 4.78 is 43.1. The molecule has 37 heavy (non-hydrogen) atoms. The summed E-state index contributed by atoms with van der Waals surface area (Å²) in [6.45, 7) is 6.21. The van der Waals surface area contributed by atoms with Crippen LogP contribution in [0.3, 0.4) is 0 Å². The minimum absolute atomic E-state index is 0.178. The Kier molecular flexibility index (Phi) is 10.6. The SMILES string of the molecule is CCCCN(CCCC)S(=O)(=O)c1ccc(C(=O)N(CCCN(C)C)c2nc3c(F)cccc3s2)cc1. The zero-order valence-corrected chi connectivity index (χ0v) is 23.7. The summed E-state index contributed by atoms with van der Waals surface area (Å²) in [6.07, 6.45) is 4.11. The maximum absolute atomic E-state index is 14.3. The van der Waals surface area contributed by atoms with Crippen LogP contribution < -0.4 is 4.90 Å². The maximum Gasteiger partial charge on any atom is 0.260 e. The van der Waals surface area contributed by atoms with Crippen LogP contribution >= 0.6 is 11.3 Å². The molecule has 0 unspecified atom stereocenters. The van der Waals surface area contributed by atoms with Gasteiger partial charge in [0.15, 0.2) is 5.13 Å². The topological polar surface area (TPSA) is 73.8 Å². The first-order chi connectivity index (χ1) is 17.7. The van der Waals surface area contributed by atoms with E-state index in [0.717, 1.165) is 32.2 Å². The molecule has 0 spiro atoms. The number of aromatic nitrogens is 1. The summed E-state index contributed by atoms with van der Waals surface area (Å²) in [5, 5.41) is 0.422. The van der Waals surface area contributed by atoms with Crippen molar-refractivity contribution in [2.45, 2.75) is 50.8 Å². The Bertz CT molecular complexity index is 1270. The van der Waals surface area contributed by atoms with E-state index in [1.54, 1.807) is 33.5 Å². The number of hydrogen-bond acceptors (Lipinski definition) is 6. The molecular weight excluding hydrogens is 511 g/mol. The predicted molar refractivity (Wildman–Crippen MR) is 149 cm³/mol. The van der Waals surface area contributed by atoms with Gasteiger partial charge in [-0.1, -0.05) is 44.1 Å². The number of amides is 1. The van der Waals surface area contributed by atoms with Crippen LogP contribution in [0.15, 0.2) is 47.4 Å². The standard InChI is InChI=1S/C27H37FN4O3S2/c1-5-7-18-31(19-8-6-2)37(34,35)22-15-13-21(14-16-22)26(33)32(20-10-17-30(3)4)27-29-25-23(28)11-9-12-24(25)36-27/h9,11-16H,5-8,10,17-20H2,1-4H3. The van der Waals surface area contributed by atoms with Crippen molar-refractivity contribution in [3.63, 3.8) is 0 Å². The first-order valence-corrected chi connectivity index (χ1v) is 15.1. The number of unbranched alkanes of at least 4 members (excludes halogenated alkanes) is 2. The zero-order valence-electron chi connectivity index (χ0n) is 22.1. The second-order valence-corrected chi connectivity index (χ2v) is 12.3. The first kappa shape index (κ1) is 29.2. The third-order valence-corrected chi connectivity index (χ3v) is 9.04. The van der Waals surface area contributed by atoms with Crippen LogP contribution in [0.5, 0.6) is 0 Å². The van der Waals surface area contributed by atoms with Gasteiger partial charge < -0.3 is 4.90 Å². The van der Waals surface area contributed by atoms with Crippen molar-refractivity contribution in [3.8, 4) is 0 Å². The maximum atomic E-state index is 14.3. The number of para-hydroxylation sites is 1. The van der Waals surface area contributed by atoms with Gasteiger partial charge in [-0.15, -0.1) is 0 Å². The summed E-state index contributed by atoms with van der Waals surface area (Å²) in [5.41, 5.74) is 0.603. The molecule has 0 aliphatic carbocycles. The number of benzene rings is 2. The van der Waals surface area contributed by atoms with Gasteiger partial charge >= 0.3 is 0 Å². The number of thiazole rings is 1. The molecule has 0 fully saturated rings. The highest BCUT2D eigenvalue weighted by Crippen LogP contribution is 2.31. The average Bonchev–Trinajstić information content (AvgIpc) is 3.31. The summed E-state index contributed by atoms with van der Waals surface area (Å²) in [4.78, 5) is 21.8. The van der Waals surface area contributed by atoms with Crippen molar-refractivity contribution >= 4 is 42.6 Å². The van der Waals surface area contributed by atoms with Gasteiger partial charge in [0.2, 0.25) is 10.0 Å². The second-order valence-electron chi connectivity index (χ2n) is 9.33. The van der Waals surface area contributed by atoms with Crippen molar-refractivity contribution in [2.24, 2.45) is 0 Å². The number of sulfonamides is 1. The molecule has 7 nitrogen and oxygen atoms in total. The van der Waals surface area contributed by atoms with Crippen LogP contribution in [0.25, 0.3) is 10.2 Å². The molecule has 1 aromatic heterocycles. The van der Waals surface area contributed by atoms with E-state index >= 15 is 0 Å². The Balaban J connectivity index is 1.89. The molecule has 2 aromatic carbocycles. The summed E-state index contributed by atoms with van der Waals surface area (Å²) in [5.74, 6) is -0.720. The molecule has 0 aliphatic rings. The average molecular weight is 549 g/mol. The van der Waals surface area contributed by atoms with Crippen LogP contribution in [0.2, 0.25) is 0 Å². The second kappa shape index (κ2) is 13.4. The minimum Gasteiger partial charge on any atom is -0.309 e. The third-order valence-electron chi connectivity index (χ3n) is 6.08. The van der Waals surface area contributed by atoms with Crippen LogP contribution in [0.1, 0.15) is 56.3 Å². The number of fused-ring (bicyclic) bond motifs is 1. The smallest absolute Gasteiger partial charge is 0.260 e. The van der Waals surface area contributed by atoms with E-state index in [1.165, 1.54) is 29.5 Å². The van der Waals surface area contributed by atoms with E-state index in [9.17, 15) is 17.6 Å². The molecule has 10 heteroatoms. The molecule has 0 atom stereocenters. The number of nitrogens with zero attached hydrogens (tertiary/aromatic N) is 4. The quantitative estimate of drug-likeness (QED) is 0.261. The fourth-order valence-corrected chi connectivity index (χ4v) is 6.46. The molecule has 0 bridgehead atoms. The summed E-state index contributed by atoms with van der Waals surface area (Å²) >= 11 is 1.27. The summed E-state index contributed by atoms with van der Waals surface area (Å²) in [6, 6.07) is 10.9.